The first-order valence-corrected chi connectivity index (χ1v) is 6.54. The van der Waals surface area contributed by atoms with Gasteiger partial charge in [0.25, 0.3) is 0 Å². The van der Waals surface area contributed by atoms with E-state index in [1.54, 1.807) is 0 Å². The summed E-state index contributed by atoms with van der Waals surface area (Å²) in [6.07, 6.45) is 2.43. The van der Waals surface area contributed by atoms with Crippen molar-refractivity contribution in [2.75, 3.05) is 31.2 Å². The number of hydrogen-bond donors (Lipinski definition) is 2. The summed E-state index contributed by atoms with van der Waals surface area (Å²) in [4.78, 5) is 2.37. The van der Waals surface area contributed by atoms with Gasteiger partial charge in [0.05, 0.1) is 0 Å². The number of nitrogens with zero attached hydrogens (tertiary/aromatic N) is 1. The van der Waals surface area contributed by atoms with Crippen molar-refractivity contribution in [2.24, 2.45) is 0 Å². The van der Waals surface area contributed by atoms with E-state index < -0.39 is 0 Å². The standard InChI is InChI=1S/C12H19N3.C2H6/c1-15-7-5-11(6-8-15)14-12-4-2-3-10(13)9-12;1-2/h2-4,9,11,14H,5-8,13H2,1H3;1-2H3. The van der Waals surface area contributed by atoms with Crippen LogP contribution in [0, 0.1) is 0 Å². The Balaban J connectivity index is 0.000000686. The Bertz CT molecular complexity index is 317. The van der Waals surface area contributed by atoms with Crippen LogP contribution in [0.2, 0.25) is 0 Å². The van der Waals surface area contributed by atoms with Gasteiger partial charge in [-0.25, -0.2) is 0 Å². The second-order valence-electron chi connectivity index (χ2n) is 4.35. The molecule has 2 rings (SSSR count). The molecule has 17 heavy (non-hydrogen) atoms. The first kappa shape index (κ1) is 13.8. The normalized spacial score (nSPS) is 17.1. The lowest BCUT2D eigenvalue weighted by atomic mass is 10.1. The predicted molar refractivity (Wildman–Crippen MR) is 76.3 cm³/mol. The highest BCUT2D eigenvalue weighted by molar-refractivity contribution is 5.54. The molecule has 1 aliphatic rings. The van der Waals surface area contributed by atoms with Crippen molar-refractivity contribution in [3.8, 4) is 0 Å². The first-order chi connectivity index (χ1) is 8.24. The van der Waals surface area contributed by atoms with Gasteiger partial charge in [-0.05, 0) is 51.2 Å². The van der Waals surface area contributed by atoms with Crippen molar-refractivity contribution < 1.29 is 0 Å². The van der Waals surface area contributed by atoms with Crippen LogP contribution in [-0.4, -0.2) is 31.1 Å². The molecule has 0 atom stereocenters. The molecule has 1 heterocycles. The van der Waals surface area contributed by atoms with Crippen molar-refractivity contribution >= 4 is 11.4 Å². The number of benzene rings is 1. The molecule has 0 aliphatic carbocycles. The van der Waals surface area contributed by atoms with Crippen molar-refractivity contribution in [2.45, 2.75) is 32.7 Å². The van der Waals surface area contributed by atoms with Crippen molar-refractivity contribution in [1.82, 2.24) is 4.90 Å². The lowest BCUT2D eigenvalue weighted by Crippen LogP contribution is -2.36. The third kappa shape index (κ3) is 4.65. The lowest BCUT2D eigenvalue weighted by Gasteiger charge is -2.30. The Morgan fingerprint density at radius 2 is 1.88 bits per heavy atom. The topological polar surface area (TPSA) is 41.3 Å². The number of hydrogen-bond acceptors (Lipinski definition) is 3. The number of rotatable bonds is 2. The zero-order chi connectivity index (χ0) is 12.7. The lowest BCUT2D eigenvalue weighted by molar-refractivity contribution is 0.264. The smallest absolute Gasteiger partial charge is 0.0362 e. The molecular weight excluding hydrogens is 210 g/mol. The van der Waals surface area contributed by atoms with Crippen LogP contribution in [-0.2, 0) is 0 Å². The molecule has 1 aliphatic heterocycles. The molecule has 1 saturated heterocycles. The summed E-state index contributed by atoms with van der Waals surface area (Å²) in [5.41, 5.74) is 7.71. The number of piperidine rings is 1. The number of nitrogen functional groups attached to an aromatic ring is 1. The summed E-state index contributed by atoms with van der Waals surface area (Å²) in [7, 11) is 2.18. The number of nitrogens with two attached hydrogens (primary N) is 1. The maximum absolute atomic E-state index is 5.74. The predicted octanol–water partition coefficient (Wildman–Crippen LogP) is 2.80. The van der Waals surface area contributed by atoms with E-state index in [1.165, 1.54) is 25.9 Å². The van der Waals surface area contributed by atoms with Gasteiger partial charge in [-0.1, -0.05) is 19.9 Å². The fraction of sp³-hybridized carbons (Fsp3) is 0.571. The van der Waals surface area contributed by atoms with Gasteiger partial charge in [0.1, 0.15) is 0 Å². The minimum absolute atomic E-state index is 0.600. The monoisotopic (exact) mass is 235 g/mol. The number of anilines is 2. The average molecular weight is 235 g/mol. The first-order valence-electron chi connectivity index (χ1n) is 6.54. The number of nitrogens with one attached hydrogen (secondary N) is 1. The molecule has 0 aromatic heterocycles. The molecule has 3 nitrogen and oxygen atoms in total. The molecule has 1 aromatic carbocycles. The highest BCUT2D eigenvalue weighted by atomic mass is 15.1. The molecular formula is C14H25N3. The van der Waals surface area contributed by atoms with Crippen molar-refractivity contribution in [3.63, 3.8) is 0 Å². The minimum Gasteiger partial charge on any atom is -0.399 e. The second kappa shape index (κ2) is 7.17. The third-order valence-electron chi connectivity index (χ3n) is 2.98. The Hall–Kier alpha value is -1.22. The van der Waals surface area contributed by atoms with Gasteiger partial charge in [-0.15, -0.1) is 0 Å². The zero-order valence-corrected chi connectivity index (χ0v) is 11.2. The highest BCUT2D eigenvalue weighted by Crippen LogP contribution is 2.17. The molecule has 0 spiro atoms. The SMILES string of the molecule is CC.CN1CCC(Nc2cccc(N)c2)CC1. The summed E-state index contributed by atoms with van der Waals surface area (Å²) in [6.45, 7) is 6.36. The molecule has 0 radical (unpaired) electrons. The molecule has 96 valence electrons. The molecule has 0 bridgehead atoms. The maximum atomic E-state index is 5.74. The summed E-state index contributed by atoms with van der Waals surface area (Å²) in [5.74, 6) is 0. The van der Waals surface area contributed by atoms with E-state index >= 15 is 0 Å². The second-order valence-corrected chi connectivity index (χ2v) is 4.35. The van der Waals surface area contributed by atoms with Gasteiger partial charge < -0.3 is 16.0 Å². The van der Waals surface area contributed by atoms with Crippen molar-refractivity contribution in [3.05, 3.63) is 24.3 Å². The zero-order valence-electron chi connectivity index (χ0n) is 11.2. The van der Waals surface area contributed by atoms with Gasteiger partial charge in [-0.3, -0.25) is 0 Å². The molecule has 0 unspecified atom stereocenters. The van der Waals surface area contributed by atoms with Crippen LogP contribution in [0.5, 0.6) is 0 Å². The number of likely N-dealkylation sites (tertiary alicyclic amines) is 1. The molecule has 1 fully saturated rings. The van der Waals surface area contributed by atoms with Crippen LogP contribution in [0.4, 0.5) is 11.4 Å². The minimum atomic E-state index is 0.600. The van der Waals surface area contributed by atoms with Gasteiger partial charge >= 0.3 is 0 Å². The fourth-order valence-corrected chi connectivity index (χ4v) is 2.02. The van der Waals surface area contributed by atoms with Crippen LogP contribution in [0.25, 0.3) is 0 Å². The summed E-state index contributed by atoms with van der Waals surface area (Å²) in [5, 5.41) is 3.54. The van der Waals surface area contributed by atoms with E-state index in [0.29, 0.717) is 6.04 Å². The Labute approximate surface area is 105 Å². The fourth-order valence-electron chi connectivity index (χ4n) is 2.02. The van der Waals surface area contributed by atoms with E-state index in [-0.39, 0.29) is 0 Å². The third-order valence-corrected chi connectivity index (χ3v) is 2.98. The largest absolute Gasteiger partial charge is 0.399 e. The molecule has 3 N–H and O–H groups in total. The quantitative estimate of drug-likeness (QED) is 0.775. The van der Waals surface area contributed by atoms with Crippen molar-refractivity contribution in [1.29, 1.82) is 0 Å². The van der Waals surface area contributed by atoms with E-state index in [4.69, 9.17) is 5.73 Å². The van der Waals surface area contributed by atoms with E-state index in [2.05, 4.69) is 23.3 Å². The molecule has 0 amide bonds. The van der Waals surface area contributed by atoms with E-state index in [9.17, 15) is 0 Å². The average Bonchev–Trinajstić information content (AvgIpc) is 2.35. The summed E-state index contributed by atoms with van der Waals surface area (Å²) < 4.78 is 0. The van der Waals surface area contributed by atoms with Crippen LogP contribution in [0.3, 0.4) is 0 Å². The Morgan fingerprint density at radius 1 is 1.24 bits per heavy atom. The molecule has 0 saturated carbocycles. The molecule has 3 heteroatoms. The van der Waals surface area contributed by atoms with E-state index in [0.717, 1.165) is 11.4 Å². The van der Waals surface area contributed by atoms with Gasteiger partial charge in [0.15, 0.2) is 0 Å². The Morgan fingerprint density at radius 3 is 2.47 bits per heavy atom. The van der Waals surface area contributed by atoms with Crippen LogP contribution >= 0.6 is 0 Å². The maximum Gasteiger partial charge on any atom is 0.0362 e. The summed E-state index contributed by atoms with van der Waals surface area (Å²) in [6, 6.07) is 8.59. The molecule has 1 aromatic rings. The summed E-state index contributed by atoms with van der Waals surface area (Å²) >= 11 is 0. The van der Waals surface area contributed by atoms with Gasteiger partial charge in [-0.2, -0.15) is 0 Å². The van der Waals surface area contributed by atoms with E-state index in [1.807, 2.05) is 32.0 Å². The van der Waals surface area contributed by atoms with Crippen LogP contribution in [0.15, 0.2) is 24.3 Å². The van der Waals surface area contributed by atoms with Gasteiger partial charge in [0, 0.05) is 17.4 Å². The van der Waals surface area contributed by atoms with Gasteiger partial charge in [0.2, 0.25) is 0 Å². The highest BCUT2D eigenvalue weighted by Gasteiger charge is 2.15. The van der Waals surface area contributed by atoms with Crippen LogP contribution in [0.1, 0.15) is 26.7 Å². The Kier molecular flexibility index (Phi) is 5.84. The van der Waals surface area contributed by atoms with Crippen LogP contribution < -0.4 is 11.1 Å².